The number of ether oxygens (including phenoxy) is 12. The van der Waals surface area contributed by atoms with Crippen molar-refractivity contribution in [3.8, 4) is 34.5 Å². The molecule has 0 aliphatic carbocycles. The summed E-state index contributed by atoms with van der Waals surface area (Å²) in [5, 5.41) is 14.5. The number of hydrogen-bond acceptors (Lipinski definition) is 12. The summed E-state index contributed by atoms with van der Waals surface area (Å²) in [6, 6.07) is 122. The normalized spacial score (nSPS) is 16.2. The molecule has 6 aliphatic rings. The van der Waals surface area contributed by atoms with Crippen molar-refractivity contribution in [2.75, 3.05) is 79.3 Å². The third-order valence-electron chi connectivity index (χ3n) is 22.8. The molecule has 16 aromatic carbocycles. The Balaban J connectivity index is 0.000000124. The highest BCUT2D eigenvalue weighted by Crippen LogP contribution is 2.31. The predicted molar refractivity (Wildman–Crippen MR) is 536 cm³/mol. The lowest BCUT2D eigenvalue weighted by Gasteiger charge is -2.07. The van der Waals surface area contributed by atoms with E-state index < -0.39 is 0 Å². The molecule has 672 valence electrons. The fourth-order valence-electron chi connectivity index (χ4n) is 13.9. The molecule has 12 heteroatoms. The van der Waals surface area contributed by atoms with E-state index in [0.29, 0.717) is 76.3 Å². The van der Waals surface area contributed by atoms with Crippen LogP contribution in [0.15, 0.2) is 352 Å². The van der Waals surface area contributed by atoms with Gasteiger partial charge in [0.1, 0.15) is 111 Å². The first-order valence-corrected chi connectivity index (χ1v) is 46.7. The smallest absolute Gasteiger partial charge is 0.127 e. The first kappa shape index (κ1) is 95.2. The Morgan fingerprint density at radius 2 is 0.346 bits per heavy atom. The lowest BCUT2D eigenvalue weighted by atomic mass is 10.1. The van der Waals surface area contributed by atoms with Crippen LogP contribution >= 0.6 is 0 Å². The van der Waals surface area contributed by atoms with Gasteiger partial charge in [-0.25, -0.2) is 0 Å². The van der Waals surface area contributed by atoms with Gasteiger partial charge in [0.25, 0.3) is 0 Å². The SMILES string of the molecule is CCc1ccc(CC)cc1.CCc1ccc(CC)cc1.CCc1ccc(CC)cc1.CCc1ccc(CC)cc1.c1ccc2c(OCC3CO3)cccc2c1.c1ccc2c(OCC3CO3)cccc2c1.c1ccc2c(OCC3CO3)cccc2c1.c1ccc2cc(OCC3CO3)ccc2c1.c1ccc2cc(OCC3CO3)ccc2c1.c1ccc2cc(OCC3CO3)ccc2c1. The third kappa shape index (κ3) is 33.0. The van der Waals surface area contributed by atoms with Crippen LogP contribution < -0.4 is 28.4 Å². The van der Waals surface area contributed by atoms with Gasteiger partial charge in [-0.1, -0.05) is 353 Å². The van der Waals surface area contributed by atoms with E-state index >= 15 is 0 Å². The van der Waals surface area contributed by atoms with Crippen LogP contribution in [0.25, 0.3) is 64.6 Å². The van der Waals surface area contributed by atoms with Gasteiger partial charge < -0.3 is 56.8 Å². The number of fused-ring (bicyclic) bond motifs is 6. The Kier molecular flexibility index (Phi) is 37.9. The fourth-order valence-corrected chi connectivity index (χ4v) is 13.9. The Morgan fingerprint density at radius 3 is 0.538 bits per heavy atom. The maximum Gasteiger partial charge on any atom is 0.127 e. The average molecular weight is 1740 g/mol. The van der Waals surface area contributed by atoms with Crippen LogP contribution in [-0.2, 0) is 79.8 Å². The van der Waals surface area contributed by atoms with Gasteiger partial charge in [-0.3, -0.25) is 0 Å². The van der Waals surface area contributed by atoms with Crippen molar-refractivity contribution >= 4 is 64.6 Å². The van der Waals surface area contributed by atoms with Gasteiger partial charge in [-0.2, -0.15) is 0 Å². The fraction of sp³-hybridized carbons (Fsp3) is 0.288. The molecule has 6 fully saturated rings. The zero-order valence-electron chi connectivity index (χ0n) is 77.0. The Labute approximate surface area is 770 Å². The van der Waals surface area contributed by atoms with Gasteiger partial charge in [0.15, 0.2) is 0 Å². The summed E-state index contributed by atoms with van der Waals surface area (Å²) in [5.74, 6) is 5.61. The first-order chi connectivity index (χ1) is 64.0. The molecule has 6 heterocycles. The topological polar surface area (TPSA) is 131 Å². The highest BCUT2D eigenvalue weighted by atomic mass is 16.6. The molecule has 16 aromatic rings. The molecule has 6 saturated heterocycles. The van der Waals surface area contributed by atoms with Crippen molar-refractivity contribution in [2.45, 2.75) is 143 Å². The van der Waals surface area contributed by atoms with Crippen LogP contribution in [0.1, 0.15) is 99.9 Å². The number of aryl methyl sites for hydroxylation is 8. The molecule has 0 spiro atoms. The molecule has 6 atom stereocenters. The molecular weight excluding hydrogens is 1610 g/mol. The zero-order chi connectivity index (χ0) is 90.1. The maximum absolute atomic E-state index is 5.72. The summed E-state index contributed by atoms with van der Waals surface area (Å²) in [7, 11) is 0. The van der Waals surface area contributed by atoms with Crippen molar-refractivity contribution in [1.82, 2.24) is 0 Å². The Hall–Kier alpha value is -12.4. The van der Waals surface area contributed by atoms with Crippen LogP contribution in [0, 0.1) is 0 Å². The van der Waals surface area contributed by atoms with Crippen LogP contribution in [-0.4, -0.2) is 116 Å². The second-order valence-electron chi connectivity index (χ2n) is 32.7. The van der Waals surface area contributed by atoms with E-state index in [2.05, 4.69) is 280 Å². The van der Waals surface area contributed by atoms with Crippen LogP contribution in [0.2, 0.25) is 0 Å². The van der Waals surface area contributed by atoms with E-state index in [1.54, 1.807) is 0 Å². The molecule has 0 N–H and O–H groups in total. The molecule has 0 radical (unpaired) electrons. The molecule has 130 heavy (non-hydrogen) atoms. The van der Waals surface area contributed by atoms with Gasteiger partial charge in [-0.15, -0.1) is 0 Å². The van der Waals surface area contributed by atoms with Gasteiger partial charge in [0.2, 0.25) is 0 Å². The molecule has 0 aromatic heterocycles. The summed E-state index contributed by atoms with van der Waals surface area (Å²) in [6.45, 7) is 26.5. The van der Waals surface area contributed by atoms with Gasteiger partial charge >= 0.3 is 0 Å². The molecule has 0 amide bonds. The zero-order valence-corrected chi connectivity index (χ0v) is 77.0. The van der Waals surface area contributed by atoms with Gasteiger partial charge in [-0.05, 0) is 199 Å². The number of benzene rings is 16. The molecule has 0 saturated carbocycles. The monoisotopic (exact) mass is 1740 g/mol. The van der Waals surface area contributed by atoms with E-state index in [-0.39, 0.29) is 0 Å². The van der Waals surface area contributed by atoms with Crippen molar-refractivity contribution in [1.29, 1.82) is 0 Å². The Morgan fingerprint density at radius 1 is 0.177 bits per heavy atom. The lowest BCUT2D eigenvalue weighted by molar-refractivity contribution is 0.263. The minimum atomic E-state index is 0.309. The summed E-state index contributed by atoms with van der Waals surface area (Å²) in [6.07, 6.45) is 11.0. The number of epoxide rings is 6. The van der Waals surface area contributed by atoms with E-state index in [1.165, 1.54) is 109 Å². The van der Waals surface area contributed by atoms with Crippen molar-refractivity contribution in [3.63, 3.8) is 0 Å². The lowest BCUT2D eigenvalue weighted by Crippen LogP contribution is -2.04. The molecular formula is C118H128O12. The summed E-state index contributed by atoms with van der Waals surface area (Å²) < 4.78 is 64.6. The van der Waals surface area contributed by atoms with E-state index in [9.17, 15) is 0 Å². The highest BCUT2D eigenvalue weighted by Gasteiger charge is 2.27. The standard InChI is InChI=1S/6C13H12O2.4C10H14/c3*1-2-6-12-10(4-1)5-3-7-13(12)15-9-11-8-14-11;3*1-2-4-11-7-12(6-5-10(11)3-1)14-8-13-9-15-13;4*1-3-9-5-7-10(4-2)8-6-9/h3*1-7,11H,8-9H2;3*1-7,13H,8-9H2;4*5-8H,3-4H2,1-2H3. The van der Waals surface area contributed by atoms with Gasteiger partial charge in [0.05, 0.1) is 39.6 Å². The van der Waals surface area contributed by atoms with E-state index in [0.717, 1.165) is 126 Å². The third-order valence-corrected chi connectivity index (χ3v) is 22.8. The van der Waals surface area contributed by atoms with Crippen molar-refractivity contribution < 1.29 is 56.8 Å². The molecule has 6 unspecified atom stereocenters. The first-order valence-electron chi connectivity index (χ1n) is 46.7. The largest absolute Gasteiger partial charge is 0.491 e. The van der Waals surface area contributed by atoms with Gasteiger partial charge in [0, 0.05) is 16.2 Å². The van der Waals surface area contributed by atoms with Crippen molar-refractivity contribution in [2.24, 2.45) is 0 Å². The highest BCUT2D eigenvalue weighted by molar-refractivity contribution is 5.90. The summed E-state index contributed by atoms with van der Waals surface area (Å²) >= 11 is 0. The summed E-state index contributed by atoms with van der Waals surface area (Å²) in [5.41, 5.74) is 11.4. The number of hydrogen-bond donors (Lipinski definition) is 0. The van der Waals surface area contributed by atoms with E-state index in [1.807, 2.05) is 127 Å². The maximum atomic E-state index is 5.72. The predicted octanol–water partition coefficient (Wildman–Crippen LogP) is 27.0. The van der Waals surface area contributed by atoms with Crippen LogP contribution in [0.3, 0.4) is 0 Å². The molecule has 22 rings (SSSR count). The van der Waals surface area contributed by atoms with Crippen molar-refractivity contribution in [3.05, 3.63) is 396 Å². The molecule has 6 aliphatic heterocycles. The second kappa shape index (κ2) is 51.7. The Bertz CT molecular complexity index is 5240. The summed E-state index contributed by atoms with van der Waals surface area (Å²) in [4.78, 5) is 0. The quantitative estimate of drug-likeness (QED) is 0.0478. The van der Waals surface area contributed by atoms with E-state index in [4.69, 9.17) is 56.8 Å². The number of rotatable bonds is 26. The van der Waals surface area contributed by atoms with Crippen LogP contribution in [0.4, 0.5) is 0 Å². The molecule has 12 nitrogen and oxygen atoms in total. The second-order valence-corrected chi connectivity index (χ2v) is 32.7. The minimum absolute atomic E-state index is 0.309. The van der Waals surface area contributed by atoms with Crippen LogP contribution in [0.5, 0.6) is 34.5 Å². The molecule has 0 bridgehead atoms. The minimum Gasteiger partial charge on any atom is -0.491 e. The average Bonchev–Trinajstić information content (AvgIpc) is 1.59.